The first-order valence-corrected chi connectivity index (χ1v) is 9.77. The number of ether oxygens (including phenoxy) is 1. The molecule has 27 heavy (non-hydrogen) atoms. The van der Waals surface area contributed by atoms with Crippen LogP contribution in [-0.2, 0) is 14.8 Å². The number of rotatable bonds is 8. The van der Waals surface area contributed by atoms with E-state index in [9.17, 15) is 23.1 Å². The van der Waals surface area contributed by atoms with Crippen LogP contribution in [0.1, 0.15) is 17.3 Å². The molecule has 2 N–H and O–H groups in total. The lowest BCUT2D eigenvalue weighted by atomic mass is 10.0. The van der Waals surface area contributed by atoms with Gasteiger partial charge in [-0.1, -0.05) is 18.2 Å². The molecule has 9 heteroatoms. The van der Waals surface area contributed by atoms with Crippen molar-refractivity contribution in [2.75, 3.05) is 17.6 Å². The Bertz CT molecular complexity index is 944. The zero-order valence-corrected chi connectivity index (χ0v) is 15.9. The quantitative estimate of drug-likeness (QED) is 0.524. The molecule has 0 aliphatic carbocycles. The summed E-state index contributed by atoms with van der Waals surface area (Å²) in [6.45, 7) is 1.46. The second kappa shape index (κ2) is 8.09. The molecule has 0 bridgehead atoms. The van der Waals surface area contributed by atoms with Crippen LogP contribution in [0.5, 0.6) is 17.2 Å². The highest BCUT2D eigenvalue weighted by molar-refractivity contribution is 7.92. The van der Waals surface area contributed by atoms with Crippen LogP contribution in [0.25, 0.3) is 0 Å². The number of hydrogen-bond acceptors (Lipinski definition) is 6. The Hall–Kier alpha value is -3.07. The maximum atomic E-state index is 12.5. The number of hydrogen-bond donors (Lipinski definition) is 2. The Morgan fingerprint density at radius 1 is 1.26 bits per heavy atom. The van der Waals surface area contributed by atoms with Crippen molar-refractivity contribution < 1.29 is 27.9 Å². The molecule has 0 radical (unpaired) electrons. The third-order valence-corrected chi connectivity index (χ3v) is 5.05. The lowest BCUT2D eigenvalue weighted by molar-refractivity contribution is -0.109. The Morgan fingerprint density at radius 2 is 1.89 bits per heavy atom. The van der Waals surface area contributed by atoms with Crippen LogP contribution in [-0.4, -0.2) is 45.1 Å². The molecule has 0 saturated heterocycles. The van der Waals surface area contributed by atoms with E-state index in [1.54, 1.807) is 30.3 Å². The number of nitrogens with one attached hydrogen (secondary N) is 1. The number of nitrogens with zero attached hydrogens (tertiary/aromatic N) is 1. The largest absolute Gasteiger partial charge is 0.507 e. The third kappa shape index (κ3) is 4.76. The zero-order valence-electron chi connectivity index (χ0n) is 15.0. The van der Waals surface area contributed by atoms with Crippen molar-refractivity contribution in [3.63, 3.8) is 0 Å². The van der Waals surface area contributed by atoms with E-state index in [-0.39, 0.29) is 17.0 Å². The minimum Gasteiger partial charge on any atom is -0.507 e. The fourth-order valence-corrected chi connectivity index (χ4v) is 2.79. The summed E-state index contributed by atoms with van der Waals surface area (Å²) >= 11 is 0. The van der Waals surface area contributed by atoms with Crippen molar-refractivity contribution in [3.05, 3.63) is 48.0 Å². The van der Waals surface area contributed by atoms with E-state index < -0.39 is 27.6 Å². The second-order valence-electron chi connectivity index (χ2n) is 5.85. The summed E-state index contributed by atoms with van der Waals surface area (Å²) in [5, 5.41) is 12.6. The van der Waals surface area contributed by atoms with Gasteiger partial charge in [0.1, 0.15) is 11.5 Å². The molecule has 0 fully saturated rings. The molecule has 8 nitrogen and oxygen atoms in total. The van der Waals surface area contributed by atoms with Crippen LogP contribution in [0.15, 0.2) is 42.5 Å². The number of benzene rings is 2. The van der Waals surface area contributed by atoms with Crippen molar-refractivity contribution in [3.8, 4) is 17.2 Å². The Labute approximate surface area is 157 Å². The van der Waals surface area contributed by atoms with E-state index in [0.29, 0.717) is 12.2 Å². The van der Waals surface area contributed by atoms with Gasteiger partial charge in [-0.3, -0.25) is 13.9 Å². The van der Waals surface area contributed by atoms with Crippen LogP contribution in [0.4, 0.5) is 5.69 Å². The summed E-state index contributed by atoms with van der Waals surface area (Å²) in [5.41, 5.74) is -0.0418. The number of ketones is 1. The predicted octanol–water partition coefficient (Wildman–Crippen LogP) is 1.90. The van der Waals surface area contributed by atoms with Gasteiger partial charge in [-0.15, -0.1) is 0 Å². The van der Waals surface area contributed by atoms with Gasteiger partial charge in [-0.2, -0.15) is 0 Å². The zero-order chi connectivity index (χ0) is 20.2. The first kappa shape index (κ1) is 20.2. The van der Waals surface area contributed by atoms with Crippen molar-refractivity contribution in [1.29, 1.82) is 0 Å². The van der Waals surface area contributed by atoms with Gasteiger partial charge in [0, 0.05) is 13.1 Å². The summed E-state index contributed by atoms with van der Waals surface area (Å²) in [4.78, 5) is 23.0. The summed E-state index contributed by atoms with van der Waals surface area (Å²) in [7, 11) is -2.34. The summed E-state index contributed by atoms with van der Waals surface area (Å²) in [6, 6.07) is 10.1. The number of Topliss-reactive ketones (excluding diaryl/α,β-unsaturated/α-hetero) is 1. The van der Waals surface area contributed by atoms with Gasteiger partial charge in [0.2, 0.25) is 16.4 Å². The average Bonchev–Trinajstić information content (AvgIpc) is 2.62. The van der Waals surface area contributed by atoms with E-state index in [0.717, 1.165) is 16.6 Å². The lowest BCUT2D eigenvalue weighted by Crippen LogP contribution is -2.33. The normalized spacial score (nSPS) is 12.1. The standard InChI is InChI=1S/C18H20N2O6S/c1-12(19-11-21)18(23)14-9-17(26-13-7-5-4-6-8-13)15(10-16(14)22)20(2)27(3,24)25/h4-12,22H,1-3H3,(H,19,21). The molecular weight excluding hydrogens is 372 g/mol. The van der Waals surface area contributed by atoms with Crippen LogP contribution in [0, 0.1) is 0 Å². The van der Waals surface area contributed by atoms with Gasteiger partial charge in [0.05, 0.1) is 23.5 Å². The SMILES string of the molecule is CC(NC=O)C(=O)c1cc(Oc2ccccc2)c(N(C)S(C)(=O)=O)cc1O. The molecule has 1 unspecified atom stereocenters. The first-order chi connectivity index (χ1) is 12.6. The molecule has 1 atom stereocenters. The molecule has 0 aromatic heterocycles. The number of anilines is 1. The van der Waals surface area contributed by atoms with E-state index in [1.807, 2.05) is 0 Å². The van der Waals surface area contributed by atoms with Gasteiger partial charge in [0.25, 0.3) is 0 Å². The number of phenolic OH excluding ortho intramolecular Hbond substituents is 1. The average molecular weight is 392 g/mol. The molecule has 144 valence electrons. The minimum absolute atomic E-state index is 0.0615. The van der Waals surface area contributed by atoms with Crippen molar-refractivity contribution in [2.45, 2.75) is 13.0 Å². The summed E-state index contributed by atoms with van der Waals surface area (Å²) in [5.74, 6) is -0.492. The Morgan fingerprint density at radius 3 is 2.44 bits per heavy atom. The van der Waals surface area contributed by atoms with Crippen LogP contribution in [0.2, 0.25) is 0 Å². The number of sulfonamides is 1. The van der Waals surface area contributed by atoms with E-state index in [4.69, 9.17) is 4.74 Å². The van der Waals surface area contributed by atoms with Gasteiger partial charge in [-0.05, 0) is 25.1 Å². The van der Waals surface area contributed by atoms with Crippen LogP contribution in [0.3, 0.4) is 0 Å². The maximum Gasteiger partial charge on any atom is 0.232 e. The second-order valence-corrected chi connectivity index (χ2v) is 7.87. The molecular formula is C18H20N2O6S. The van der Waals surface area contributed by atoms with E-state index in [2.05, 4.69) is 5.32 Å². The summed E-state index contributed by atoms with van der Waals surface area (Å²) < 4.78 is 30.6. The molecule has 0 spiro atoms. The monoisotopic (exact) mass is 392 g/mol. The van der Waals surface area contributed by atoms with Crippen molar-refractivity contribution in [1.82, 2.24) is 5.32 Å². The predicted molar refractivity (Wildman–Crippen MR) is 101 cm³/mol. The molecule has 1 amide bonds. The Kier molecular flexibility index (Phi) is 6.06. The third-order valence-electron chi connectivity index (χ3n) is 3.86. The molecule has 2 rings (SSSR count). The topological polar surface area (TPSA) is 113 Å². The number of carbonyl (C=O) groups is 2. The van der Waals surface area contributed by atoms with Gasteiger partial charge in [-0.25, -0.2) is 8.42 Å². The van der Waals surface area contributed by atoms with Gasteiger partial charge >= 0.3 is 0 Å². The smallest absolute Gasteiger partial charge is 0.232 e. The van der Waals surface area contributed by atoms with E-state index in [1.165, 1.54) is 20.0 Å². The highest BCUT2D eigenvalue weighted by atomic mass is 32.2. The van der Waals surface area contributed by atoms with Crippen molar-refractivity contribution >= 4 is 27.9 Å². The fourth-order valence-electron chi connectivity index (χ4n) is 2.29. The number of amides is 1. The molecule has 0 aliphatic heterocycles. The van der Waals surface area contributed by atoms with Gasteiger partial charge in [0.15, 0.2) is 11.5 Å². The summed E-state index contributed by atoms with van der Waals surface area (Å²) in [6.07, 6.45) is 1.39. The van der Waals surface area contributed by atoms with E-state index >= 15 is 0 Å². The number of carbonyl (C=O) groups excluding carboxylic acids is 2. The van der Waals surface area contributed by atoms with Gasteiger partial charge < -0.3 is 15.2 Å². The molecule has 2 aromatic carbocycles. The molecule has 0 heterocycles. The molecule has 0 saturated carbocycles. The number of phenols is 1. The molecule has 0 aliphatic rings. The van der Waals surface area contributed by atoms with Crippen molar-refractivity contribution in [2.24, 2.45) is 0 Å². The molecule has 2 aromatic rings. The first-order valence-electron chi connectivity index (χ1n) is 7.93. The fraction of sp³-hybridized carbons (Fsp3) is 0.222. The van der Waals surface area contributed by atoms with Crippen LogP contribution < -0.4 is 14.4 Å². The number of para-hydroxylation sites is 1. The number of aromatic hydroxyl groups is 1. The Balaban J connectivity index is 2.58. The highest BCUT2D eigenvalue weighted by Gasteiger charge is 2.24. The lowest BCUT2D eigenvalue weighted by Gasteiger charge is -2.22. The minimum atomic E-state index is -3.65. The van der Waals surface area contributed by atoms with Crippen LogP contribution >= 0.6 is 0 Å². The highest BCUT2D eigenvalue weighted by Crippen LogP contribution is 2.38. The maximum absolute atomic E-state index is 12.5.